The number of hydrogen-bond donors (Lipinski definition) is 1. The van der Waals surface area contributed by atoms with Gasteiger partial charge in [0.15, 0.2) is 0 Å². The van der Waals surface area contributed by atoms with Crippen molar-refractivity contribution in [3.05, 3.63) is 22.3 Å². The van der Waals surface area contributed by atoms with Crippen LogP contribution in [0.5, 0.6) is 0 Å². The van der Waals surface area contributed by atoms with Crippen LogP contribution in [0.4, 0.5) is 0 Å². The van der Waals surface area contributed by atoms with Crippen molar-refractivity contribution in [2.45, 2.75) is 70.3 Å². The first-order chi connectivity index (χ1) is 11.8. The van der Waals surface area contributed by atoms with Gasteiger partial charge in [-0.2, -0.15) is 4.68 Å². The highest BCUT2D eigenvalue weighted by molar-refractivity contribution is 7.15. The van der Waals surface area contributed by atoms with Gasteiger partial charge in [-0.3, -0.25) is 4.79 Å². The van der Waals surface area contributed by atoms with Crippen LogP contribution < -0.4 is 5.32 Å². The van der Waals surface area contributed by atoms with Crippen molar-refractivity contribution in [1.29, 1.82) is 0 Å². The van der Waals surface area contributed by atoms with Gasteiger partial charge < -0.3 is 5.32 Å². The van der Waals surface area contributed by atoms with Crippen molar-refractivity contribution in [3.8, 4) is 5.00 Å². The molecule has 0 aliphatic heterocycles. The molecular weight excluding hydrogens is 322 g/mol. The number of carbonyl (C=O) groups is 1. The van der Waals surface area contributed by atoms with Crippen molar-refractivity contribution in [3.63, 3.8) is 0 Å². The van der Waals surface area contributed by atoms with Gasteiger partial charge in [0.1, 0.15) is 11.3 Å². The summed E-state index contributed by atoms with van der Waals surface area (Å²) in [6, 6.07) is 0.302. The summed E-state index contributed by atoms with van der Waals surface area (Å²) in [6.45, 7) is 0. The third-order valence-corrected chi connectivity index (χ3v) is 6.41. The molecule has 0 unspecified atom stereocenters. The predicted molar refractivity (Wildman–Crippen MR) is 92.6 cm³/mol. The Labute approximate surface area is 145 Å². The molecule has 0 radical (unpaired) electrons. The van der Waals surface area contributed by atoms with Crippen LogP contribution in [0.15, 0.2) is 6.33 Å². The average molecular weight is 345 g/mol. The van der Waals surface area contributed by atoms with Gasteiger partial charge in [-0.15, -0.1) is 16.4 Å². The van der Waals surface area contributed by atoms with Crippen molar-refractivity contribution in [1.82, 2.24) is 25.5 Å². The van der Waals surface area contributed by atoms with E-state index >= 15 is 0 Å². The molecule has 0 spiro atoms. The first-order valence-electron chi connectivity index (χ1n) is 9.01. The summed E-state index contributed by atoms with van der Waals surface area (Å²) in [5.41, 5.74) is 2.02. The molecule has 0 atom stereocenters. The number of tetrazole rings is 1. The van der Waals surface area contributed by atoms with E-state index in [0.29, 0.717) is 6.04 Å². The molecule has 7 heteroatoms. The maximum Gasteiger partial charge on any atom is 0.254 e. The fourth-order valence-electron chi connectivity index (χ4n) is 3.90. The van der Waals surface area contributed by atoms with Crippen LogP contribution >= 0.6 is 11.3 Å². The SMILES string of the molecule is O=C(NC1CCCCCCC1)c1c(-n2cnnn2)sc2c1CCC2. The summed E-state index contributed by atoms with van der Waals surface area (Å²) in [6.07, 6.45) is 13.3. The summed E-state index contributed by atoms with van der Waals surface area (Å²) in [5, 5.41) is 15.6. The second-order valence-electron chi connectivity index (χ2n) is 6.81. The van der Waals surface area contributed by atoms with Crippen LogP contribution in [-0.4, -0.2) is 32.2 Å². The Kier molecular flexibility index (Phi) is 4.60. The number of hydrogen-bond acceptors (Lipinski definition) is 5. The molecule has 6 nitrogen and oxygen atoms in total. The standard InChI is InChI=1S/C17H23N5OS/c23-16(19-12-7-4-2-1-3-5-8-12)15-13-9-6-10-14(13)24-17(15)22-11-18-20-21-22/h11-12H,1-10H2,(H,19,23). The third kappa shape index (κ3) is 3.09. The Hall–Kier alpha value is -1.76. The minimum Gasteiger partial charge on any atom is -0.349 e. The fourth-order valence-corrected chi connectivity index (χ4v) is 5.20. The van der Waals surface area contributed by atoms with E-state index in [4.69, 9.17) is 0 Å². The maximum absolute atomic E-state index is 13.1. The van der Waals surface area contributed by atoms with Crippen LogP contribution in [0.25, 0.3) is 5.00 Å². The molecule has 2 aromatic rings. The Morgan fingerprint density at radius 2 is 1.92 bits per heavy atom. The number of nitrogens with zero attached hydrogens (tertiary/aromatic N) is 4. The van der Waals surface area contributed by atoms with E-state index in [1.54, 1.807) is 22.3 Å². The van der Waals surface area contributed by atoms with E-state index in [1.165, 1.54) is 42.5 Å². The number of aromatic nitrogens is 4. The van der Waals surface area contributed by atoms with Gasteiger partial charge in [-0.1, -0.05) is 32.1 Å². The number of aryl methyl sites for hydroxylation is 1. The monoisotopic (exact) mass is 345 g/mol. The number of rotatable bonds is 3. The summed E-state index contributed by atoms with van der Waals surface area (Å²) >= 11 is 1.66. The van der Waals surface area contributed by atoms with E-state index in [1.807, 2.05) is 0 Å². The summed E-state index contributed by atoms with van der Waals surface area (Å²) in [5.74, 6) is 0.0606. The molecule has 24 heavy (non-hydrogen) atoms. The number of thiophene rings is 1. The summed E-state index contributed by atoms with van der Waals surface area (Å²) in [4.78, 5) is 14.4. The molecule has 0 aromatic carbocycles. The van der Waals surface area contributed by atoms with Gasteiger partial charge in [0.25, 0.3) is 5.91 Å². The first-order valence-corrected chi connectivity index (χ1v) is 9.83. The lowest BCUT2D eigenvalue weighted by Gasteiger charge is -2.21. The molecule has 2 heterocycles. The van der Waals surface area contributed by atoms with Crippen molar-refractivity contribution >= 4 is 17.2 Å². The Bertz CT molecular complexity index is 701. The smallest absolute Gasteiger partial charge is 0.254 e. The zero-order chi connectivity index (χ0) is 16.4. The topological polar surface area (TPSA) is 72.7 Å². The van der Waals surface area contributed by atoms with Crippen LogP contribution in [0.1, 0.15) is 72.2 Å². The van der Waals surface area contributed by atoms with Crippen LogP contribution in [-0.2, 0) is 12.8 Å². The highest BCUT2D eigenvalue weighted by Crippen LogP contribution is 2.37. The van der Waals surface area contributed by atoms with E-state index < -0.39 is 0 Å². The lowest BCUT2D eigenvalue weighted by molar-refractivity contribution is 0.0930. The van der Waals surface area contributed by atoms with Crippen molar-refractivity contribution in [2.75, 3.05) is 0 Å². The molecule has 2 aliphatic rings. The van der Waals surface area contributed by atoms with E-state index in [0.717, 1.165) is 42.7 Å². The molecule has 2 aliphatic carbocycles. The van der Waals surface area contributed by atoms with Crippen LogP contribution in [0.3, 0.4) is 0 Å². The second kappa shape index (κ2) is 7.01. The highest BCUT2D eigenvalue weighted by atomic mass is 32.1. The van der Waals surface area contributed by atoms with Crippen molar-refractivity contribution < 1.29 is 4.79 Å². The van der Waals surface area contributed by atoms with Gasteiger partial charge in [-0.05, 0) is 48.1 Å². The number of amides is 1. The molecular formula is C17H23N5OS. The van der Waals surface area contributed by atoms with Gasteiger partial charge >= 0.3 is 0 Å². The van der Waals surface area contributed by atoms with Gasteiger partial charge in [0.05, 0.1) is 5.56 Å². The zero-order valence-corrected chi connectivity index (χ0v) is 14.6. The predicted octanol–water partition coefficient (Wildman–Crippen LogP) is 3.06. The maximum atomic E-state index is 13.1. The molecule has 1 amide bonds. The van der Waals surface area contributed by atoms with E-state index in [-0.39, 0.29) is 5.91 Å². The lowest BCUT2D eigenvalue weighted by Crippen LogP contribution is -2.36. The Balaban J connectivity index is 1.59. The number of nitrogens with one attached hydrogen (secondary N) is 1. The summed E-state index contributed by atoms with van der Waals surface area (Å²) in [7, 11) is 0. The summed E-state index contributed by atoms with van der Waals surface area (Å²) < 4.78 is 1.63. The molecule has 1 fully saturated rings. The molecule has 0 saturated heterocycles. The van der Waals surface area contributed by atoms with Crippen molar-refractivity contribution in [2.24, 2.45) is 0 Å². The molecule has 2 aromatic heterocycles. The minimum atomic E-state index is 0.0606. The molecule has 4 rings (SSSR count). The molecule has 1 N–H and O–H groups in total. The zero-order valence-electron chi connectivity index (χ0n) is 13.8. The lowest BCUT2D eigenvalue weighted by atomic mass is 9.96. The molecule has 1 saturated carbocycles. The molecule has 128 valence electrons. The third-order valence-electron chi connectivity index (χ3n) is 5.13. The Morgan fingerprint density at radius 1 is 1.12 bits per heavy atom. The Morgan fingerprint density at radius 3 is 2.67 bits per heavy atom. The second-order valence-corrected chi connectivity index (χ2v) is 7.89. The molecule has 0 bridgehead atoms. The van der Waals surface area contributed by atoms with Crippen LogP contribution in [0.2, 0.25) is 0 Å². The van der Waals surface area contributed by atoms with Crippen LogP contribution in [0, 0.1) is 0 Å². The van der Waals surface area contributed by atoms with Gasteiger partial charge in [-0.25, -0.2) is 0 Å². The number of fused-ring (bicyclic) bond motifs is 1. The fraction of sp³-hybridized carbons (Fsp3) is 0.647. The van der Waals surface area contributed by atoms with Gasteiger partial charge in [0.2, 0.25) is 0 Å². The van der Waals surface area contributed by atoms with E-state index in [9.17, 15) is 4.79 Å². The number of carbonyl (C=O) groups excluding carboxylic acids is 1. The average Bonchev–Trinajstić information content (AvgIpc) is 3.23. The van der Waals surface area contributed by atoms with Gasteiger partial charge in [0, 0.05) is 10.9 Å². The largest absolute Gasteiger partial charge is 0.349 e. The normalized spacial score (nSPS) is 18.8. The highest BCUT2D eigenvalue weighted by Gasteiger charge is 2.29. The minimum absolute atomic E-state index is 0.0606. The first kappa shape index (κ1) is 15.7. The quantitative estimate of drug-likeness (QED) is 0.928. The van der Waals surface area contributed by atoms with E-state index in [2.05, 4.69) is 20.8 Å².